The van der Waals surface area contributed by atoms with E-state index in [0.29, 0.717) is 22.6 Å². The Morgan fingerprint density at radius 3 is 1.37 bits per heavy atom. The van der Waals surface area contributed by atoms with Crippen LogP contribution >= 0.6 is 22.6 Å². The van der Waals surface area contributed by atoms with E-state index in [0.717, 1.165) is 33.5 Å². The number of rotatable bonds is 10. The minimum atomic E-state index is -0.891. The van der Waals surface area contributed by atoms with Crippen molar-refractivity contribution in [1.82, 2.24) is 0 Å². The summed E-state index contributed by atoms with van der Waals surface area (Å²) in [5, 5.41) is 35.5. The topological polar surface area (TPSA) is 161 Å². The number of carbonyl (C=O) groups excluding carboxylic acids is 2. The molecule has 11 nitrogen and oxygen atoms in total. The molecule has 0 amide bonds. The number of aliphatic hydroxyl groups is 4. The Morgan fingerprint density at radius 1 is 0.667 bits per heavy atom. The third-order valence-electron chi connectivity index (χ3n) is 6.93. The summed E-state index contributed by atoms with van der Waals surface area (Å²) in [4.78, 5) is 22.3. The molecule has 4 aromatic rings. The molecule has 4 N–H and O–H groups in total. The highest BCUT2D eigenvalue weighted by Gasteiger charge is 2.05. The number of terminal acetylenes is 1. The van der Waals surface area contributed by atoms with Crippen molar-refractivity contribution in [3.05, 3.63) is 128 Å². The van der Waals surface area contributed by atoms with E-state index in [-0.39, 0.29) is 38.4 Å². The van der Waals surface area contributed by atoms with Gasteiger partial charge < -0.3 is 44.1 Å². The summed E-state index contributed by atoms with van der Waals surface area (Å²) in [5.41, 5.74) is 3.34. The molecule has 1 fully saturated rings. The van der Waals surface area contributed by atoms with Gasteiger partial charge in [0.25, 0.3) is 0 Å². The van der Waals surface area contributed by atoms with Crippen molar-refractivity contribution in [2.75, 3.05) is 53.9 Å². The Labute approximate surface area is 330 Å². The lowest BCUT2D eigenvalue weighted by Crippen LogP contribution is -2.21. The van der Waals surface area contributed by atoms with Gasteiger partial charge in [-0.1, -0.05) is 17.8 Å². The lowest BCUT2D eigenvalue weighted by molar-refractivity contribution is 0.0536. The fourth-order valence-corrected chi connectivity index (χ4v) is 4.30. The summed E-state index contributed by atoms with van der Waals surface area (Å²) in [6, 6.07) is 28.1. The second-order valence-electron chi connectivity index (χ2n) is 11.1. The lowest BCUT2D eigenvalue weighted by atomic mass is 10.1. The molecule has 1 heterocycles. The van der Waals surface area contributed by atoms with Crippen molar-refractivity contribution >= 4 is 34.5 Å². The quantitative estimate of drug-likeness (QED) is 0.0979. The van der Waals surface area contributed by atoms with Crippen LogP contribution in [-0.4, -0.2) is 98.4 Å². The van der Waals surface area contributed by atoms with E-state index in [1.165, 1.54) is 27.1 Å². The minimum absolute atomic E-state index is 0.0358. The van der Waals surface area contributed by atoms with Crippen LogP contribution in [0.1, 0.15) is 50.2 Å². The number of hydrogen-bond donors (Lipinski definition) is 4. The molecule has 0 spiro atoms. The van der Waals surface area contributed by atoms with Crippen LogP contribution in [0.5, 0.6) is 11.5 Å². The van der Waals surface area contributed by atoms with Gasteiger partial charge in [-0.15, -0.1) is 6.42 Å². The van der Waals surface area contributed by atoms with Crippen LogP contribution in [0.15, 0.2) is 97.1 Å². The third kappa shape index (κ3) is 18.7. The highest BCUT2D eigenvalue weighted by Crippen LogP contribution is 2.14. The second kappa shape index (κ2) is 26.8. The fraction of sp³-hybridized carbons (Fsp3) is 0.286. The first-order valence-corrected chi connectivity index (χ1v) is 17.8. The van der Waals surface area contributed by atoms with Crippen molar-refractivity contribution in [3.8, 4) is 35.7 Å². The zero-order chi connectivity index (χ0) is 39.6. The molecule has 0 aromatic heterocycles. The Kier molecular flexibility index (Phi) is 22.4. The number of aliphatic hydroxyl groups excluding tert-OH is 4. The average molecular weight is 853 g/mol. The van der Waals surface area contributed by atoms with Crippen LogP contribution < -0.4 is 9.47 Å². The predicted octanol–water partition coefficient (Wildman–Crippen LogP) is 4.88. The molecule has 4 aromatic carbocycles. The first kappa shape index (κ1) is 45.2. The van der Waals surface area contributed by atoms with Gasteiger partial charge in [0.15, 0.2) is 0 Å². The molecule has 2 atom stereocenters. The Morgan fingerprint density at radius 2 is 1.04 bits per heavy atom. The van der Waals surface area contributed by atoms with Crippen LogP contribution in [0, 0.1) is 27.8 Å². The van der Waals surface area contributed by atoms with Gasteiger partial charge in [-0.05, 0) is 132 Å². The van der Waals surface area contributed by atoms with Gasteiger partial charge in [-0.2, -0.15) is 0 Å². The molecular weight excluding hydrogens is 807 g/mol. The number of hydrogen-bond acceptors (Lipinski definition) is 11. The average Bonchev–Trinajstić information content (AvgIpc) is 3.83. The van der Waals surface area contributed by atoms with Crippen molar-refractivity contribution < 1.29 is 53.7 Å². The molecule has 1 aliphatic rings. The molecular formula is C42H45IO11. The summed E-state index contributed by atoms with van der Waals surface area (Å²) in [5.74, 6) is 9.05. The van der Waals surface area contributed by atoms with Crippen LogP contribution in [0.4, 0.5) is 0 Å². The van der Waals surface area contributed by atoms with Gasteiger partial charge in [-0.3, -0.25) is 0 Å². The molecule has 0 aliphatic carbocycles. The molecule has 5 rings (SSSR count). The van der Waals surface area contributed by atoms with E-state index in [1.807, 2.05) is 24.3 Å². The third-order valence-corrected chi connectivity index (χ3v) is 7.65. The van der Waals surface area contributed by atoms with Crippen molar-refractivity contribution in [2.45, 2.75) is 25.0 Å². The summed E-state index contributed by atoms with van der Waals surface area (Å²) < 4.78 is 25.8. The molecule has 12 heteroatoms. The van der Waals surface area contributed by atoms with Crippen molar-refractivity contribution in [3.63, 3.8) is 0 Å². The monoisotopic (exact) mass is 852 g/mol. The van der Waals surface area contributed by atoms with E-state index in [2.05, 4.69) is 49.8 Å². The zero-order valence-corrected chi connectivity index (χ0v) is 32.3. The van der Waals surface area contributed by atoms with Gasteiger partial charge >= 0.3 is 11.9 Å². The number of methoxy groups -OCH3 is 2. The first-order valence-electron chi connectivity index (χ1n) is 16.7. The first-order chi connectivity index (χ1) is 26.1. The Balaban J connectivity index is 0.000000282. The van der Waals surface area contributed by atoms with E-state index >= 15 is 0 Å². The normalized spacial score (nSPS) is 12.1. The van der Waals surface area contributed by atoms with E-state index < -0.39 is 12.2 Å². The summed E-state index contributed by atoms with van der Waals surface area (Å²) in [6.07, 6.45) is 6.00. The SMILES string of the molecule is C#Cc1ccc(C(=O)OC)cc1.C1CCOC1.COC(=O)c1ccc(C#Cc2ccc(OCC(O)CO)cc2)cc1.OCC(O)COc1ccc(I)cc1. The Bertz CT molecular complexity index is 1750. The van der Waals surface area contributed by atoms with E-state index in [4.69, 9.17) is 36.0 Å². The smallest absolute Gasteiger partial charge is 0.337 e. The van der Waals surface area contributed by atoms with E-state index in [9.17, 15) is 14.7 Å². The van der Waals surface area contributed by atoms with Crippen LogP contribution in [0.3, 0.4) is 0 Å². The molecule has 286 valence electrons. The molecule has 1 saturated heterocycles. The highest BCUT2D eigenvalue weighted by molar-refractivity contribution is 14.1. The van der Waals surface area contributed by atoms with Crippen molar-refractivity contribution in [1.29, 1.82) is 0 Å². The predicted molar refractivity (Wildman–Crippen MR) is 212 cm³/mol. The standard InChI is InChI=1S/C19H18O5.C10H8O2.C9H11IO3.C4H8O/c1-23-19(22)16-8-4-14(5-9-16)2-3-15-6-10-18(11-7-15)24-13-17(21)12-20;1-3-8-4-6-9(7-5-8)10(11)12-2;10-7-1-3-9(4-2-7)13-6-8(12)5-11;1-2-4-5-3-1/h4-11,17,20-21H,12-13H2,1H3;1,4-7H,2H3;1-4,8,11-12H,5-6H2;1-4H2. The van der Waals surface area contributed by atoms with Gasteiger partial charge in [0.05, 0.1) is 38.6 Å². The number of halogens is 1. The van der Waals surface area contributed by atoms with Gasteiger partial charge in [0, 0.05) is 33.5 Å². The number of benzene rings is 4. The van der Waals surface area contributed by atoms with E-state index in [1.54, 1.807) is 72.8 Å². The number of carbonyl (C=O) groups is 2. The maximum atomic E-state index is 11.4. The molecule has 2 unspecified atom stereocenters. The number of ether oxygens (including phenoxy) is 5. The van der Waals surface area contributed by atoms with Gasteiger partial charge in [0.1, 0.15) is 36.9 Å². The fourth-order valence-electron chi connectivity index (χ4n) is 3.94. The summed E-state index contributed by atoms with van der Waals surface area (Å²) >= 11 is 2.20. The van der Waals surface area contributed by atoms with Crippen molar-refractivity contribution in [2.24, 2.45) is 0 Å². The largest absolute Gasteiger partial charge is 0.491 e. The highest BCUT2D eigenvalue weighted by atomic mass is 127. The maximum absolute atomic E-state index is 11.4. The van der Waals surface area contributed by atoms with Crippen LogP contribution in [0.2, 0.25) is 0 Å². The second-order valence-corrected chi connectivity index (χ2v) is 12.4. The molecule has 0 saturated carbocycles. The zero-order valence-electron chi connectivity index (χ0n) is 30.2. The Hall–Kier alpha value is -4.93. The summed E-state index contributed by atoms with van der Waals surface area (Å²) in [7, 11) is 2.69. The maximum Gasteiger partial charge on any atom is 0.337 e. The number of esters is 2. The summed E-state index contributed by atoms with van der Waals surface area (Å²) in [6.45, 7) is 1.55. The minimum Gasteiger partial charge on any atom is -0.491 e. The lowest BCUT2D eigenvalue weighted by Gasteiger charge is -2.09. The molecule has 1 aliphatic heterocycles. The molecule has 0 radical (unpaired) electrons. The van der Waals surface area contributed by atoms with Gasteiger partial charge in [-0.25, -0.2) is 9.59 Å². The van der Waals surface area contributed by atoms with Crippen LogP contribution in [0.25, 0.3) is 0 Å². The van der Waals surface area contributed by atoms with Crippen LogP contribution in [-0.2, 0) is 14.2 Å². The molecule has 54 heavy (non-hydrogen) atoms. The van der Waals surface area contributed by atoms with Gasteiger partial charge in [0.2, 0.25) is 0 Å². The molecule has 0 bridgehead atoms.